The Kier molecular flexibility index (Phi) is 6.59. The Bertz CT molecular complexity index is 1180. The summed E-state index contributed by atoms with van der Waals surface area (Å²) in [6, 6.07) is 5.72. The molecule has 2 aromatic heterocycles. The van der Waals surface area contributed by atoms with Crippen molar-refractivity contribution in [3.05, 3.63) is 60.1 Å². The third-order valence-corrected chi connectivity index (χ3v) is 5.45. The van der Waals surface area contributed by atoms with E-state index in [4.69, 9.17) is 11.6 Å². The van der Waals surface area contributed by atoms with Gasteiger partial charge in [0, 0.05) is 37.1 Å². The largest absolute Gasteiger partial charge is 0.383 e. The highest BCUT2D eigenvalue weighted by molar-refractivity contribution is 6.12. The number of nitrogens with zero attached hydrogens (tertiary/aromatic N) is 6. The molecule has 9 nitrogen and oxygen atoms in total. The predicted octanol–water partition coefficient (Wildman–Crippen LogP) is 2.86. The van der Waals surface area contributed by atoms with E-state index in [9.17, 15) is 8.78 Å². The van der Waals surface area contributed by atoms with Crippen molar-refractivity contribution >= 4 is 23.6 Å². The molecule has 1 aliphatic rings. The normalized spacial score (nSPS) is 16.5. The van der Waals surface area contributed by atoms with Crippen molar-refractivity contribution in [1.82, 2.24) is 20.2 Å². The summed E-state index contributed by atoms with van der Waals surface area (Å²) in [6.07, 6.45) is 10.1. The lowest BCUT2D eigenvalue weighted by molar-refractivity contribution is 0.417. The van der Waals surface area contributed by atoms with Crippen molar-refractivity contribution in [2.24, 2.45) is 15.9 Å². The van der Waals surface area contributed by atoms with Crippen LogP contribution in [0.3, 0.4) is 0 Å². The van der Waals surface area contributed by atoms with E-state index in [1.807, 2.05) is 17.1 Å². The number of benzene rings is 1. The van der Waals surface area contributed by atoms with Gasteiger partial charge in [0.05, 0.1) is 23.5 Å². The number of anilines is 2. The first-order valence-electron chi connectivity index (χ1n) is 10.5. The van der Waals surface area contributed by atoms with Gasteiger partial charge in [-0.1, -0.05) is 6.07 Å². The maximum Gasteiger partial charge on any atom is 0.183 e. The Morgan fingerprint density at radius 2 is 2.09 bits per heavy atom. The lowest BCUT2D eigenvalue weighted by atomic mass is 10.1. The van der Waals surface area contributed by atoms with Gasteiger partial charge in [0.15, 0.2) is 17.5 Å². The third-order valence-electron chi connectivity index (χ3n) is 5.45. The number of nitrogens with two attached hydrogens (primary N) is 2. The van der Waals surface area contributed by atoms with Gasteiger partial charge >= 0.3 is 0 Å². The molecular formula is C22H25F2N9. The summed E-state index contributed by atoms with van der Waals surface area (Å²) >= 11 is 0. The van der Waals surface area contributed by atoms with Crippen LogP contribution in [-0.2, 0) is 0 Å². The van der Waals surface area contributed by atoms with Crippen LogP contribution in [0.2, 0.25) is 0 Å². The fraction of sp³-hybridized carbons (Fsp3) is 0.273. The summed E-state index contributed by atoms with van der Waals surface area (Å²) in [5.74, 6) is 4.23. The fourth-order valence-electron chi connectivity index (χ4n) is 3.72. The van der Waals surface area contributed by atoms with Crippen molar-refractivity contribution in [2.75, 3.05) is 24.3 Å². The topological polar surface area (TPSA) is 123 Å². The summed E-state index contributed by atoms with van der Waals surface area (Å²) in [5, 5.41) is 9.61. The third kappa shape index (κ3) is 4.67. The number of rotatable bonds is 5. The van der Waals surface area contributed by atoms with Crippen LogP contribution < -0.4 is 22.0 Å². The van der Waals surface area contributed by atoms with E-state index in [1.54, 1.807) is 25.5 Å². The first kappa shape index (κ1) is 22.3. The maximum atomic E-state index is 14.4. The SMILES string of the molecule is CN/N=C(/c1cc(-c2cnn(C3CCC=NCC3)c2)cnc1N)N(N)c1cccc(F)c1F. The molecule has 4 rings (SSSR count). The number of aliphatic imine (C=N–C) groups is 1. The minimum Gasteiger partial charge on any atom is -0.383 e. The molecule has 172 valence electrons. The van der Waals surface area contributed by atoms with Gasteiger partial charge in [0.1, 0.15) is 5.82 Å². The van der Waals surface area contributed by atoms with Gasteiger partial charge in [-0.05, 0) is 43.7 Å². The van der Waals surface area contributed by atoms with Crippen molar-refractivity contribution in [1.29, 1.82) is 0 Å². The van der Waals surface area contributed by atoms with Gasteiger partial charge in [-0.15, -0.1) is 0 Å². The molecule has 0 bridgehead atoms. The van der Waals surface area contributed by atoms with Crippen LogP contribution in [0.5, 0.6) is 0 Å². The molecule has 1 unspecified atom stereocenters. The van der Waals surface area contributed by atoms with Gasteiger partial charge in [-0.25, -0.2) is 19.6 Å². The van der Waals surface area contributed by atoms with Crippen molar-refractivity contribution in [3.63, 3.8) is 0 Å². The van der Waals surface area contributed by atoms with Gasteiger partial charge < -0.3 is 11.2 Å². The van der Waals surface area contributed by atoms with E-state index in [-0.39, 0.29) is 23.4 Å². The number of hydrazine groups is 1. The van der Waals surface area contributed by atoms with Crippen LogP contribution in [0.4, 0.5) is 20.3 Å². The smallest absolute Gasteiger partial charge is 0.183 e. The highest BCUT2D eigenvalue weighted by Crippen LogP contribution is 2.27. The Labute approximate surface area is 189 Å². The predicted molar refractivity (Wildman–Crippen MR) is 125 cm³/mol. The van der Waals surface area contributed by atoms with Crippen LogP contribution in [0, 0.1) is 11.6 Å². The van der Waals surface area contributed by atoms with Crippen LogP contribution in [0.25, 0.3) is 11.1 Å². The molecule has 0 spiro atoms. The average molecular weight is 454 g/mol. The lowest BCUT2D eigenvalue weighted by Gasteiger charge is -2.22. The standard InChI is InChI=1S/C22H25F2N9/c1-27-31-22(33(26)19-6-2-5-18(23)20(19)24)17-10-14(11-29-21(17)25)15-12-30-32(13-15)16-4-3-8-28-9-7-16/h2,5-6,8,10-13,16,27H,3-4,7,9,26H2,1H3,(H2,25,29)/b31-22-. The molecule has 5 N–H and O–H groups in total. The Morgan fingerprint density at radius 1 is 1.24 bits per heavy atom. The number of pyridine rings is 1. The van der Waals surface area contributed by atoms with E-state index in [0.29, 0.717) is 5.56 Å². The second kappa shape index (κ2) is 9.74. The molecule has 1 aliphatic heterocycles. The molecule has 0 aliphatic carbocycles. The monoisotopic (exact) mass is 453 g/mol. The summed E-state index contributed by atoms with van der Waals surface area (Å²) in [4.78, 5) is 8.62. The summed E-state index contributed by atoms with van der Waals surface area (Å²) in [5.41, 5.74) is 10.5. The zero-order chi connectivity index (χ0) is 23.4. The summed E-state index contributed by atoms with van der Waals surface area (Å²) < 4.78 is 30.1. The number of halogens is 2. The molecule has 0 saturated heterocycles. The Balaban J connectivity index is 1.68. The first-order chi connectivity index (χ1) is 16.0. The lowest BCUT2D eigenvalue weighted by Crippen LogP contribution is -2.40. The number of amidine groups is 1. The molecule has 0 saturated carbocycles. The quantitative estimate of drug-likeness (QED) is 0.236. The number of nitrogens with one attached hydrogen (secondary N) is 1. The van der Waals surface area contributed by atoms with Crippen LogP contribution >= 0.6 is 0 Å². The van der Waals surface area contributed by atoms with Crippen LogP contribution in [-0.4, -0.2) is 40.4 Å². The summed E-state index contributed by atoms with van der Waals surface area (Å²) in [7, 11) is 1.56. The molecular weight excluding hydrogens is 428 g/mol. The van der Waals surface area contributed by atoms with Gasteiger partial charge in [-0.3, -0.25) is 14.7 Å². The fourth-order valence-corrected chi connectivity index (χ4v) is 3.72. The first-order valence-corrected chi connectivity index (χ1v) is 10.5. The van der Waals surface area contributed by atoms with E-state index < -0.39 is 11.6 Å². The molecule has 0 radical (unpaired) electrons. The number of hydrogen-bond donors (Lipinski definition) is 3. The number of aromatic nitrogens is 3. The van der Waals surface area contributed by atoms with E-state index in [1.165, 1.54) is 12.1 Å². The average Bonchev–Trinajstić information content (AvgIpc) is 3.15. The highest BCUT2D eigenvalue weighted by Gasteiger charge is 2.22. The van der Waals surface area contributed by atoms with Gasteiger partial charge in [0.25, 0.3) is 0 Å². The molecule has 33 heavy (non-hydrogen) atoms. The van der Waals surface area contributed by atoms with E-state index >= 15 is 0 Å². The zero-order valence-electron chi connectivity index (χ0n) is 18.1. The molecule has 1 aromatic carbocycles. The molecule has 0 fully saturated rings. The maximum absolute atomic E-state index is 14.4. The number of hydrazone groups is 1. The molecule has 0 amide bonds. The van der Waals surface area contributed by atoms with Crippen molar-refractivity contribution in [3.8, 4) is 11.1 Å². The number of nitrogen functional groups attached to an aromatic ring is 1. The van der Waals surface area contributed by atoms with Gasteiger partial charge in [0.2, 0.25) is 0 Å². The van der Waals surface area contributed by atoms with E-state index in [0.717, 1.165) is 48.0 Å². The van der Waals surface area contributed by atoms with Crippen molar-refractivity contribution in [2.45, 2.75) is 25.3 Å². The van der Waals surface area contributed by atoms with Crippen LogP contribution in [0.1, 0.15) is 30.9 Å². The molecule has 11 heteroatoms. The second-order valence-electron chi connectivity index (χ2n) is 7.58. The van der Waals surface area contributed by atoms with Gasteiger partial charge in [-0.2, -0.15) is 10.2 Å². The Hall–Kier alpha value is -3.86. The van der Waals surface area contributed by atoms with Crippen molar-refractivity contribution < 1.29 is 8.78 Å². The highest BCUT2D eigenvalue weighted by atomic mass is 19.2. The minimum atomic E-state index is -1.10. The molecule has 3 aromatic rings. The number of hydrogen-bond acceptors (Lipinski definition) is 7. The zero-order valence-corrected chi connectivity index (χ0v) is 18.1. The minimum absolute atomic E-state index is 0.0714. The Morgan fingerprint density at radius 3 is 2.91 bits per heavy atom. The molecule has 3 heterocycles. The molecule has 1 atom stereocenters. The second-order valence-corrected chi connectivity index (χ2v) is 7.58. The van der Waals surface area contributed by atoms with Crippen LogP contribution in [0.15, 0.2) is 52.9 Å². The summed E-state index contributed by atoms with van der Waals surface area (Å²) in [6.45, 7) is 0.778. The van der Waals surface area contributed by atoms with E-state index in [2.05, 4.69) is 25.6 Å².